The molecule has 1 nitrogen and oxygen atoms in total. The standard InChI is InChI=1S/C17H14F4N/c1-16(2)8-13(11-4-3-10(18)7-14(11)16)12-5-6-22-9-15(12)17(19,20)21/h4-7,9,13H,8H2,1-2H3. The van der Waals surface area contributed by atoms with Crippen molar-refractivity contribution < 1.29 is 17.6 Å². The number of nitrogens with zero attached hydrogens (tertiary/aromatic N) is 1. The fraction of sp³-hybridized carbons (Fsp3) is 0.353. The topological polar surface area (TPSA) is 12.9 Å². The Morgan fingerprint density at radius 1 is 1.27 bits per heavy atom. The second kappa shape index (κ2) is 4.80. The van der Waals surface area contributed by atoms with Gasteiger partial charge in [-0.05, 0) is 46.7 Å². The van der Waals surface area contributed by atoms with Crippen LogP contribution in [0, 0.1) is 11.9 Å². The third-order valence-corrected chi connectivity index (χ3v) is 4.30. The minimum absolute atomic E-state index is 0.189. The van der Waals surface area contributed by atoms with Gasteiger partial charge < -0.3 is 0 Å². The van der Waals surface area contributed by atoms with Gasteiger partial charge in [-0.2, -0.15) is 13.2 Å². The molecule has 5 heteroatoms. The van der Waals surface area contributed by atoms with Gasteiger partial charge in [-0.1, -0.05) is 13.8 Å². The molecule has 0 aliphatic heterocycles. The average Bonchev–Trinajstić information content (AvgIpc) is 2.69. The number of rotatable bonds is 1. The summed E-state index contributed by atoms with van der Waals surface area (Å²) < 4.78 is 53.1. The van der Waals surface area contributed by atoms with Crippen LogP contribution in [0.15, 0.2) is 30.6 Å². The van der Waals surface area contributed by atoms with Crippen LogP contribution in [0.4, 0.5) is 17.6 Å². The van der Waals surface area contributed by atoms with Gasteiger partial charge in [0.2, 0.25) is 0 Å². The van der Waals surface area contributed by atoms with Gasteiger partial charge in [-0.15, -0.1) is 0 Å². The van der Waals surface area contributed by atoms with Crippen LogP contribution in [0.25, 0.3) is 0 Å². The largest absolute Gasteiger partial charge is 0.418 e. The Labute approximate surface area is 126 Å². The van der Waals surface area contributed by atoms with Crippen LogP contribution >= 0.6 is 0 Å². The molecule has 0 bridgehead atoms. The zero-order chi connectivity index (χ0) is 16.1. The van der Waals surface area contributed by atoms with Gasteiger partial charge in [0, 0.05) is 24.4 Å². The van der Waals surface area contributed by atoms with E-state index in [1.54, 1.807) is 0 Å². The number of fused-ring (bicyclic) bond motifs is 1. The Bertz CT molecular complexity index is 719. The maximum atomic E-state index is 13.5. The fourth-order valence-electron chi connectivity index (χ4n) is 3.30. The zero-order valence-corrected chi connectivity index (χ0v) is 12.1. The smallest absolute Gasteiger partial charge is 0.264 e. The predicted molar refractivity (Wildman–Crippen MR) is 74.0 cm³/mol. The molecule has 1 aromatic heterocycles. The normalized spacial score (nSPS) is 20.0. The summed E-state index contributed by atoms with van der Waals surface area (Å²) in [5.41, 5.74) is 0.534. The maximum absolute atomic E-state index is 13.5. The second-order valence-electron chi connectivity index (χ2n) is 6.25. The summed E-state index contributed by atoms with van der Waals surface area (Å²) >= 11 is 0. The molecule has 0 N–H and O–H groups in total. The second-order valence-corrected chi connectivity index (χ2v) is 6.25. The lowest BCUT2D eigenvalue weighted by Crippen LogP contribution is -2.15. The zero-order valence-electron chi connectivity index (χ0n) is 12.1. The lowest BCUT2D eigenvalue weighted by Gasteiger charge is -2.21. The van der Waals surface area contributed by atoms with Crippen molar-refractivity contribution in [3.8, 4) is 0 Å². The summed E-state index contributed by atoms with van der Waals surface area (Å²) in [6.45, 7) is 3.83. The quantitative estimate of drug-likeness (QED) is 0.686. The van der Waals surface area contributed by atoms with Crippen LogP contribution in [0.3, 0.4) is 0 Å². The van der Waals surface area contributed by atoms with Gasteiger partial charge in [0.15, 0.2) is 0 Å². The van der Waals surface area contributed by atoms with Crippen molar-refractivity contribution in [2.45, 2.75) is 37.8 Å². The molecule has 1 aromatic carbocycles. The monoisotopic (exact) mass is 308 g/mol. The number of benzene rings is 1. The molecule has 0 amide bonds. The average molecular weight is 308 g/mol. The Balaban J connectivity index is 2.17. The van der Waals surface area contributed by atoms with E-state index in [9.17, 15) is 17.6 Å². The molecule has 2 aromatic rings. The van der Waals surface area contributed by atoms with Crippen LogP contribution in [0.5, 0.6) is 0 Å². The van der Waals surface area contributed by atoms with Crippen molar-refractivity contribution in [2.75, 3.05) is 0 Å². The highest BCUT2D eigenvalue weighted by molar-refractivity contribution is 5.49. The first-order chi connectivity index (χ1) is 10.2. The lowest BCUT2D eigenvalue weighted by atomic mass is 9.84. The molecule has 0 fully saturated rings. The van der Waals surface area contributed by atoms with E-state index in [1.165, 1.54) is 24.4 Å². The molecule has 115 valence electrons. The van der Waals surface area contributed by atoms with E-state index < -0.39 is 23.5 Å². The molecule has 0 saturated heterocycles. The molecule has 0 spiro atoms. The summed E-state index contributed by atoms with van der Waals surface area (Å²) in [4.78, 5) is 3.60. The summed E-state index contributed by atoms with van der Waals surface area (Å²) in [5.74, 6) is -0.917. The number of hydrogen-bond donors (Lipinski definition) is 0. The third-order valence-electron chi connectivity index (χ3n) is 4.30. The Hall–Kier alpha value is -1.91. The van der Waals surface area contributed by atoms with Crippen molar-refractivity contribution in [1.82, 2.24) is 4.98 Å². The summed E-state index contributed by atoms with van der Waals surface area (Å²) in [5, 5.41) is 0. The Morgan fingerprint density at radius 3 is 2.68 bits per heavy atom. The maximum Gasteiger partial charge on any atom is 0.418 e. The van der Waals surface area contributed by atoms with Gasteiger partial charge in [-0.25, -0.2) is 4.39 Å². The first-order valence-electron chi connectivity index (χ1n) is 6.93. The van der Waals surface area contributed by atoms with E-state index in [0.717, 1.165) is 11.8 Å². The molecule has 1 unspecified atom stereocenters. The van der Waals surface area contributed by atoms with Crippen molar-refractivity contribution in [1.29, 1.82) is 0 Å². The molecule has 3 rings (SSSR count). The van der Waals surface area contributed by atoms with E-state index in [4.69, 9.17) is 0 Å². The first-order valence-corrected chi connectivity index (χ1v) is 6.93. The molecule has 1 aliphatic carbocycles. The first kappa shape index (κ1) is 15.0. The van der Waals surface area contributed by atoms with E-state index in [2.05, 4.69) is 11.1 Å². The van der Waals surface area contributed by atoms with Crippen molar-refractivity contribution in [3.63, 3.8) is 0 Å². The van der Waals surface area contributed by atoms with Gasteiger partial charge in [0.25, 0.3) is 0 Å². The van der Waals surface area contributed by atoms with Crippen molar-refractivity contribution in [2.24, 2.45) is 0 Å². The van der Waals surface area contributed by atoms with Gasteiger partial charge in [0.1, 0.15) is 5.82 Å². The molecule has 22 heavy (non-hydrogen) atoms. The highest BCUT2D eigenvalue weighted by Crippen LogP contribution is 2.50. The number of halogens is 4. The number of alkyl halides is 3. The predicted octanol–water partition coefficient (Wildman–Crippen LogP) is 4.85. The number of pyridine rings is 1. The molecule has 0 saturated carbocycles. The highest BCUT2D eigenvalue weighted by atomic mass is 19.4. The van der Waals surface area contributed by atoms with Crippen LogP contribution in [0.1, 0.15) is 48.4 Å². The Kier molecular flexibility index (Phi) is 3.27. The summed E-state index contributed by atoms with van der Waals surface area (Å²) in [6, 6.07) is 6.72. The summed E-state index contributed by atoms with van der Waals surface area (Å²) in [6.07, 6.45) is -1.75. The minimum atomic E-state index is -4.46. The SMILES string of the molecule is CC1(C)CC(c2ccncc2C(F)(F)F)c2c[c]c(F)cc21. The number of hydrogen-bond acceptors (Lipinski definition) is 1. The van der Waals surface area contributed by atoms with Crippen LogP contribution < -0.4 is 0 Å². The number of aromatic nitrogens is 1. The van der Waals surface area contributed by atoms with Crippen LogP contribution in [-0.4, -0.2) is 4.98 Å². The molecule has 1 aliphatic rings. The lowest BCUT2D eigenvalue weighted by molar-refractivity contribution is -0.138. The highest BCUT2D eigenvalue weighted by Gasteiger charge is 2.42. The van der Waals surface area contributed by atoms with E-state index in [0.29, 0.717) is 12.0 Å². The summed E-state index contributed by atoms with van der Waals surface area (Å²) in [7, 11) is 0. The van der Waals surface area contributed by atoms with Gasteiger partial charge >= 0.3 is 6.18 Å². The van der Waals surface area contributed by atoms with E-state index in [-0.39, 0.29) is 11.0 Å². The van der Waals surface area contributed by atoms with E-state index in [1.807, 2.05) is 13.8 Å². The van der Waals surface area contributed by atoms with Gasteiger partial charge in [-0.3, -0.25) is 4.98 Å². The third kappa shape index (κ3) is 2.38. The van der Waals surface area contributed by atoms with Crippen molar-refractivity contribution >= 4 is 0 Å². The van der Waals surface area contributed by atoms with Gasteiger partial charge in [0.05, 0.1) is 5.56 Å². The minimum Gasteiger partial charge on any atom is -0.264 e. The molecular weight excluding hydrogens is 294 g/mol. The molecule has 1 radical (unpaired) electrons. The fourth-order valence-corrected chi connectivity index (χ4v) is 3.30. The van der Waals surface area contributed by atoms with Crippen LogP contribution in [-0.2, 0) is 11.6 Å². The molecule has 1 atom stereocenters. The molecule has 1 heterocycles. The van der Waals surface area contributed by atoms with Crippen molar-refractivity contribution in [3.05, 3.63) is 64.7 Å². The molecular formula is C17H14F4N. The Morgan fingerprint density at radius 2 is 2.00 bits per heavy atom. The van der Waals surface area contributed by atoms with E-state index >= 15 is 0 Å². The van der Waals surface area contributed by atoms with Crippen LogP contribution in [0.2, 0.25) is 0 Å².